The van der Waals surface area contributed by atoms with Gasteiger partial charge in [-0.2, -0.15) is 4.31 Å². The number of nitrogens with zero attached hydrogens (tertiary/aromatic N) is 1. The van der Waals surface area contributed by atoms with Crippen LogP contribution < -0.4 is 4.74 Å². The van der Waals surface area contributed by atoms with E-state index in [-0.39, 0.29) is 5.92 Å². The molecule has 1 saturated heterocycles. The van der Waals surface area contributed by atoms with Gasteiger partial charge < -0.3 is 4.74 Å². The fourth-order valence-electron chi connectivity index (χ4n) is 3.71. The van der Waals surface area contributed by atoms with Crippen LogP contribution in [0.3, 0.4) is 0 Å². The molecule has 0 radical (unpaired) electrons. The highest BCUT2D eigenvalue weighted by atomic mass is 32.2. The zero-order valence-corrected chi connectivity index (χ0v) is 16.6. The largest absolute Gasteiger partial charge is 0.492 e. The minimum Gasteiger partial charge on any atom is -0.492 e. The minimum absolute atomic E-state index is 0.272. The molecule has 0 spiro atoms. The third-order valence-corrected chi connectivity index (χ3v) is 6.56. The lowest BCUT2D eigenvalue weighted by molar-refractivity contribution is 0.222. The van der Waals surface area contributed by atoms with Gasteiger partial charge in [0.25, 0.3) is 0 Å². The van der Waals surface area contributed by atoms with Gasteiger partial charge in [0.2, 0.25) is 10.0 Å². The summed E-state index contributed by atoms with van der Waals surface area (Å²) in [5.41, 5.74) is 2.14. The summed E-state index contributed by atoms with van der Waals surface area (Å²) in [5, 5.41) is 0. The molecule has 24 heavy (non-hydrogen) atoms. The summed E-state index contributed by atoms with van der Waals surface area (Å²) in [6.07, 6.45) is 1.08. The van der Waals surface area contributed by atoms with Gasteiger partial charge in [-0.05, 0) is 61.3 Å². The summed E-state index contributed by atoms with van der Waals surface area (Å²) in [6.45, 7) is 13.9. The fourth-order valence-corrected chi connectivity index (χ4v) is 5.54. The average molecular weight is 354 g/mol. The van der Waals surface area contributed by atoms with Crippen molar-refractivity contribution in [3.8, 4) is 5.75 Å². The Kier molecular flexibility index (Phi) is 5.97. The zero-order valence-electron chi connectivity index (χ0n) is 15.8. The summed E-state index contributed by atoms with van der Waals surface area (Å²) < 4.78 is 33.9. The highest BCUT2D eigenvalue weighted by Crippen LogP contribution is 2.35. The summed E-state index contributed by atoms with van der Waals surface area (Å²) >= 11 is 0. The van der Waals surface area contributed by atoms with Crippen LogP contribution in [0.1, 0.15) is 58.1 Å². The fraction of sp³-hybridized carbons (Fsp3) is 0.684. The van der Waals surface area contributed by atoms with E-state index < -0.39 is 10.0 Å². The van der Waals surface area contributed by atoms with Crippen molar-refractivity contribution in [1.29, 1.82) is 0 Å². The van der Waals surface area contributed by atoms with Crippen LogP contribution in [-0.4, -0.2) is 32.4 Å². The molecule has 0 bridgehead atoms. The Hall–Kier alpha value is -1.07. The maximum atomic E-state index is 13.3. The predicted octanol–water partition coefficient (Wildman–Crippen LogP) is 4.18. The first kappa shape index (κ1) is 19.3. The Morgan fingerprint density at radius 3 is 2.29 bits per heavy atom. The van der Waals surface area contributed by atoms with Gasteiger partial charge in [-0.1, -0.05) is 27.7 Å². The SMILES string of the molecule is CCOc1cc(C)c(C(C)C)cc1S(=O)(=O)N1C[C@H](C)C[C@H](C)C1. The van der Waals surface area contributed by atoms with E-state index in [0.717, 1.165) is 17.5 Å². The molecule has 136 valence electrons. The lowest BCUT2D eigenvalue weighted by Crippen LogP contribution is -2.42. The van der Waals surface area contributed by atoms with Crippen molar-refractivity contribution in [2.45, 2.75) is 58.8 Å². The van der Waals surface area contributed by atoms with Crippen LogP contribution in [0.5, 0.6) is 5.75 Å². The van der Waals surface area contributed by atoms with Crippen LogP contribution in [-0.2, 0) is 10.0 Å². The summed E-state index contributed by atoms with van der Waals surface area (Å²) in [4.78, 5) is 0.319. The van der Waals surface area contributed by atoms with Crippen LogP contribution in [0.2, 0.25) is 0 Å². The molecule has 0 N–H and O–H groups in total. The van der Waals surface area contributed by atoms with E-state index in [4.69, 9.17) is 4.74 Å². The van der Waals surface area contributed by atoms with E-state index in [0.29, 0.717) is 42.2 Å². The summed E-state index contributed by atoms with van der Waals surface area (Å²) in [5.74, 6) is 1.52. The molecule has 1 aromatic rings. The molecule has 1 aromatic carbocycles. The second kappa shape index (κ2) is 7.44. The van der Waals surface area contributed by atoms with Crippen LogP contribution in [0.25, 0.3) is 0 Å². The first-order valence-electron chi connectivity index (χ1n) is 8.94. The molecular weight excluding hydrogens is 322 g/mol. The number of sulfonamides is 1. The molecule has 0 aliphatic carbocycles. The van der Waals surface area contributed by atoms with Crippen molar-refractivity contribution >= 4 is 10.0 Å². The maximum Gasteiger partial charge on any atom is 0.246 e. The van der Waals surface area contributed by atoms with Crippen LogP contribution in [0.15, 0.2) is 17.0 Å². The third kappa shape index (κ3) is 3.94. The van der Waals surface area contributed by atoms with Crippen LogP contribution in [0.4, 0.5) is 0 Å². The van der Waals surface area contributed by atoms with Crippen molar-refractivity contribution < 1.29 is 13.2 Å². The third-order valence-electron chi connectivity index (χ3n) is 4.71. The molecule has 0 unspecified atom stereocenters. The molecule has 0 saturated carbocycles. The molecule has 2 atom stereocenters. The van der Waals surface area contributed by atoms with Crippen molar-refractivity contribution in [2.75, 3.05) is 19.7 Å². The first-order valence-corrected chi connectivity index (χ1v) is 10.4. The van der Waals surface area contributed by atoms with E-state index in [1.165, 1.54) is 0 Å². The maximum absolute atomic E-state index is 13.3. The Morgan fingerprint density at radius 2 is 1.79 bits per heavy atom. The Balaban J connectivity index is 2.53. The number of ether oxygens (including phenoxy) is 1. The standard InChI is InChI=1S/C19H31NO3S/c1-7-23-18-9-16(6)17(13(2)3)10-19(18)24(21,22)20-11-14(4)8-15(5)12-20/h9-10,13-15H,7-8,11-12H2,1-6H3/t14-,15+. The lowest BCUT2D eigenvalue weighted by atomic mass is 9.94. The number of aryl methyl sites for hydroxylation is 1. The number of piperidine rings is 1. The number of hydrogen-bond donors (Lipinski definition) is 0. The number of benzene rings is 1. The lowest BCUT2D eigenvalue weighted by Gasteiger charge is -2.34. The summed E-state index contributed by atoms with van der Waals surface area (Å²) in [6, 6.07) is 3.70. The molecule has 5 heteroatoms. The van der Waals surface area contributed by atoms with Crippen molar-refractivity contribution in [3.05, 3.63) is 23.3 Å². The van der Waals surface area contributed by atoms with E-state index in [1.807, 2.05) is 26.0 Å². The molecule has 1 heterocycles. The van der Waals surface area contributed by atoms with Crippen molar-refractivity contribution in [2.24, 2.45) is 11.8 Å². The van der Waals surface area contributed by atoms with Crippen molar-refractivity contribution in [1.82, 2.24) is 4.31 Å². The second-order valence-electron chi connectivity index (χ2n) is 7.51. The summed E-state index contributed by atoms with van der Waals surface area (Å²) in [7, 11) is -3.55. The van der Waals surface area contributed by atoms with Crippen LogP contribution >= 0.6 is 0 Å². The van der Waals surface area contributed by atoms with E-state index in [9.17, 15) is 8.42 Å². The zero-order chi connectivity index (χ0) is 18.1. The van der Waals surface area contributed by atoms with Gasteiger partial charge in [0.15, 0.2) is 0 Å². The van der Waals surface area contributed by atoms with Gasteiger partial charge in [0, 0.05) is 13.1 Å². The van der Waals surface area contributed by atoms with Gasteiger partial charge >= 0.3 is 0 Å². The minimum atomic E-state index is -3.55. The Morgan fingerprint density at radius 1 is 1.21 bits per heavy atom. The monoisotopic (exact) mass is 353 g/mol. The molecule has 0 amide bonds. The smallest absolute Gasteiger partial charge is 0.246 e. The normalized spacial score (nSPS) is 22.8. The Labute approximate surface area is 147 Å². The molecular formula is C19H31NO3S. The van der Waals surface area contributed by atoms with Gasteiger partial charge in [-0.15, -0.1) is 0 Å². The molecule has 4 nitrogen and oxygen atoms in total. The van der Waals surface area contributed by atoms with Gasteiger partial charge in [0.1, 0.15) is 10.6 Å². The first-order chi connectivity index (χ1) is 11.2. The average Bonchev–Trinajstić information content (AvgIpc) is 2.46. The van der Waals surface area contributed by atoms with E-state index >= 15 is 0 Å². The number of hydrogen-bond acceptors (Lipinski definition) is 3. The molecule has 0 aromatic heterocycles. The van der Waals surface area contributed by atoms with E-state index in [2.05, 4.69) is 27.7 Å². The number of rotatable bonds is 5. The molecule has 2 rings (SSSR count). The Bertz CT molecular complexity index is 672. The molecule has 1 aliphatic heterocycles. The van der Waals surface area contributed by atoms with Gasteiger partial charge in [0.05, 0.1) is 6.61 Å². The highest BCUT2D eigenvalue weighted by Gasteiger charge is 2.34. The highest BCUT2D eigenvalue weighted by molar-refractivity contribution is 7.89. The quantitative estimate of drug-likeness (QED) is 0.797. The molecule has 1 aliphatic rings. The van der Waals surface area contributed by atoms with Gasteiger partial charge in [-0.3, -0.25) is 0 Å². The van der Waals surface area contributed by atoms with Gasteiger partial charge in [-0.25, -0.2) is 8.42 Å². The second-order valence-corrected chi connectivity index (χ2v) is 9.42. The topological polar surface area (TPSA) is 46.6 Å². The van der Waals surface area contributed by atoms with Crippen LogP contribution in [0, 0.1) is 18.8 Å². The van der Waals surface area contributed by atoms with E-state index in [1.54, 1.807) is 4.31 Å². The molecule has 1 fully saturated rings. The van der Waals surface area contributed by atoms with Crippen molar-refractivity contribution in [3.63, 3.8) is 0 Å². The predicted molar refractivity (Wildman–Crippen MR) is 98.1 cm³/mol.